The molecule has 4 heterocycles. The molecule has 0 aromatic carbocycles. The van der Waals surface area contributed by atoms with Crippen molar-refractivity contribution >= 4 is 34.4 Å². The predicted molar refractivity (Wildman–Crippen MR) is 104 cm³/mol. The van der Waals surface area contributed by atoms with E-state index in [0.29, 0.717) is 41.8 Å². The van der Waals surface area contributed by atoms with E-state index in [1.54, 1.807) is 20.4 Å². The first-order valence-corrected chi connectivity index (χ1v) is 8.83. The maximum Gasteiger partial charge on any atom is 0.328 e. The first-order valence-electron chi connectivity index (χ1n) is 8.83. The number of rotatable bonds is 2. The third-order valence-corrected chi connectivity index (χ3v) is 4.36. The van der Waals surface area contributed by atoms with Crippen molar-refractivity contribution in [3.63, 3.8) is 0 Å². The number of ether oxygens (including phenoxy) is 2. The zero-order valence-corrected chi connectivity index (χ0v) is 15.8. The summed E-state index contributed by atoms with van der Waals surface area (Å²) in [5, 5.41) is 9.21. The molecule has 0 fully saturated rings. The van der Waals surface area contributed by atoms with E-state index < -0.39 is 0 Å². The zero-order valence-electron chi connectivity index (χ0n) is 15.8. The van der Waals surface area contributed by atoms with Crippen molar-refractivity contribution in [2.24, 2.45) is 0 Å². The van der Waals surface area contributed by atoms with E-state index in [-0.39, 0.29) is 12.1 Å². The molecule has 1 amide bonds. The number of anilines is 3. The van der Waals surface area contributed by atoms with E-state index in [0.717, 1.165) is 11.3 Å². The average molecular weight is 383 g/mol. The molecule has 28 heavy (non-hydrogen) atoms. The fraction of sp³-hybridized carbons (Fsp3) is 0.333. The van der Waals surface area contributed by atoms with Crippen molar-refractivity contribution in [3.8, 4) is 5.88 Å². The van der Waals surface area contributed by atoms with Crippen LogP contribution in [-0.4, -0.2) is 52.4 Å². The molecule has 146 valence electrons. The van der Waals surface area contributed by atoms with Crippen LogP contribution in [0.1, 0.15) is 12.5 Å². The van der Waals surface area contributed by atoms with Gasteiger partial charge in [0.2, 0.25) is 5.88 Å². The number of imidazole rings is 1. The van der Waals surface area contributed by atoms with Crippen LogP contribution in [0.5, 0.6) is 5.88 Å². The van der Waals surface area contributed by atoms with Crippen molar-refractivity contribution in [2.45, 2.75) is 19.6 Å². The Balaban J connectivity index is 1.88. The lowest BCUT2D eigenvalue weighted by Gasteiger charge is -2.17. The van der Waals surface area contributed by atoms with Crippen LogP contribution in [0.15, 0.2) is 24.7 Å². The van der Waals surface area contributed by atoms with Gasteiger partial charge in [0, 0.05) is 19.3 Å². The van der Waals surface area contributed by atoms with Crippen molar-refractivity contribution < 1.29 is 14.3 Å². The maximum atomic E-state index is 12.7. The molecule has 1 aliphatic rings. The Hall–Kier alpha value is -3.40. The molecule has 3 aromatic heterocycles. The number of pyridine rings is 2. The molecule has 1 atom stereocenters. The number of carbonyl (C=O) groups is 1. The summed E-state index contributed by atoms with van der Waals surface area (Å²) in [7, 11) is 3.34. The third-order valence-electron chi connectivity index (χ3n) is 4.36. The maximum absolute atomic E-state index is 12.7. The predicted octanol–water partition coefficient (Wildman–Crippen LogP) is 2.10. The highest BCUT2D eigenvalue weighted by Crippen LogP contribution is 2.30. The SMILES string of the molecule is CNc1cc2nc3c1ncn3C(=O)N[C@H](C)COCc1cnc(OC)c(c1)N2. The minimum absolute atomic E-state index is 0.191. The van der Waals surface area contributed by atoms with Gasteiger partial charge in [0.25, 0.3) is 0 Å². The monoisotopic (exact) mass is 383 g/mol. The second-order valence-corrected chi connectivity index (χ2v) is 6.48. The minimum Gasteiger partial charge on any atom is -0.480 e. The summed E-state index contributed by atoms with van der Waals surface area (Å²) in [4.78, 5) is 25.9. The molecule has 10 heteroatoms. The topological polar surface area (TPSA) is 115 Å². The highest BCUT2D eigenvalue weighted by Gasteiger charge is 2.18. The molecule has 3 aromatic rings. The number of amides is 1. The van der Waals surface area contributed by atoms with Crippen LogP contribution in [0, 0.1) is 0 Å². The Morgan fingerprint density at radius 1 is 1.36 bits per heavy atom. The fourth-order valence-corrected chi connectivity index (χ4v) is 3.03. The fourth-order valence-electron chi connectivity index (χ4n) is 3.03. The second-order valence-electron chi connectivity index (χ2n) is 6.48. The molecule has 0 saturated heterocycles. The first-order chi connectivity index (χ1) is 13.6. The number of aromatic nitrogens is 4. The van der Waals surface area contributed by atoms with Gasteiger partial charge in [0.05, 0.1) is 32.1 Å². The standard InChI is InChI=1S/C18H21N7O3/c1-10-7-28-8-11-4-13(17(27-3)20-6-11)23-14-5-12(19-2)15-16(24-14)25(9-21-15)18(26)22-10/h4-6,9-10H,7-8H2,1-3H3,(H,22,26)(H2,19,23,24)/t10-/m1/s1. The second kappa shape index (κ2) is 7.31. The Kier molecular flexibility index (Phi) is 4.70. The van der Waals surface area contributed by atoms with Gasteiger partial charge in [-0.2, -0.15) is 0 Å². The normalized spacial score (nSPS) is 17.0. The van der Waals surface area contributed by atoms with Gasteiger partial charge in [0.1, 0.15) is 23.3 Å². The molecule has 4 bridgehead atoms. The molecule has 0 unspecified atom stereocenters. The third kappa shape index (κ3) is 3.29. The number of nitrogens with zero attached hydrogens (tertiary/aromatic N) is 4. The number of hydrogen-bond acceptors (Lipinski definition) is 8. The van der Waals surface area contributed by atoms with Crippen LogP contribution in [-0.2, 0) is 11.3 Å². The van der Waals surface area contributed by atoms with E-state index >= 15 is 0 Å². The highest BCUT2D eigenvalue weighted by molar-refractivity contribution is 5.94. The van der Waals surface area contributed by atoms with Gasteiger partial charge in [-0.1, -0.05) is 0 Å². The Morgan fingerprint density at radius 2 is 2.21 bits per heavy atom. The van der Waals surface area contributed by atoms with Crippen LogP contribution >= 0.6 is 0 Å². The lowest BCUT2D eigenvalue weighted by Crippen LogP contribution is -2.38. The summed E-state index contributed by atoms with van der Waals surface area (Å²) in [6.07, 6.45) is 3.16. The molecule has 4 rings (SSSR count). The number of carbonyl (C=O) groups excluding carboxylic acids is 1. The number of nitrogens with one attached hydrogen (secondary N) is 3. The van der Waals surface area contributed by atoms with Crippen LogP contribution in [0.2, 0.25) is 0 Å². The lowest BCUT2D eigenvalue weighted by atomic mass is 10.2. The van der Waals surface area contributed by atoms with Gasteiger partial charge in [0.15, 0.2) is 5.65 Å². The van der Waals surface area contributed by atoms with Crippen LogP contribution in [0.3, 0.4) is 0 Å². The van der Waals surface area contributed by atoms with Crippen LogP contribution in [0.25, 0.3) is 11.2 Å². The molecular formula is C18H21N7O3. The number of methoxy groups -OCH3 is 1. The molecule has 0 saturated carbocycles. The Morgan fingerprint density at radius 3 is 3.00 bits per heavy atom. The Labute approximate surface area is 161 Å². The number of hydrogen-bond donors (Lipinski definition) is 3. The summed E-state index contributed by atoms with van der Waals surface area (Å²) in [6.45, 7) is 2.59. The average Bonchev–Trinajstić information content (AvgIpc) is 3.11. The zero-order chi connectivity index (χ0) is 19.7. The quantitative estimate of drug-likeness (QED) is 0.616. The summed E-state index contributed by atoms with van der Waals surface area (Å²) in [5.74, 6) is 0.957. The van der Waals surface area contributed by atoms with Crippen molar-refractivity contribution in [3.05, 3.63) is 30.2 Å². The van der Waals surface area contributed by atoms with Crippen molar-refractivity contribution in [1.29, 1.82) is 0 Å². The van der Waals surface area contributed by atoms with Crippen LogP contribution < -0.4 is 20.7 Å². The molecule has 1 aliphatic heterocycles. The molecule has 0 radical (unpaired) electrons. The van der Waals surface area contributed by atoms with E-state index in [2.05, 4.69) is 30.9 Å². The smallest absolute Gasteiger partial charge is 0.328 e. The van der Waals surface area contributed by atoms with Crippen LogP contribution in [0.4, 0.5) is 22.0 Å². The van der Waals surface area contributed by atoms with E-state index in [1.165, 1.54) is 10.9 Å². The van der Waals surface area contributed by atoms with Crippen molar-refractivity contribution in [1.82, 2.24) is 24.8 Å². The highest BCUT2D eigenvalue weighted by atomic mass is 16.5. The molecule has 0 aliphatic carbocycles. The van der Waals surface area contributed by atoms with Gasteiger partial charge >= 0.3 is 6.03 Å². The van der Waals surface area contributed by atoms with Gasteiger partial charge in [-0.25, -0.2) is 24.3 Å². The molecule has 10 nitrogen and oxygen atoms in total. The van der Waals surface area contributed by atoms with Gasteiger partial charge in [-0.15, -0.1) is 0 Å². The van der Waals surface area contributed by atoms with E-state index in [1.807, 2.05) is 19.1 Å². The van der Waals surface area contributed by atoms with E-state index in [9.17, 15) is 4.79 Å². The van der Waals surface area contributed by atoms with E-state index in [4.69, 9.17) is 9.47 Å². The summed E-state index contributed by atoms with van der Waals surface area (Å²) in [6, 6.07) is 3.21. The molecule has 0 spiro atoms. The Bertz CT molecular complexity index is 1030. The molecular weight excluding hydrogens is 362 g/mol. The van der Waals surface area contributed by atoms with Gasteiger partial charge in [-0.3, -0.25) is 0 Å². The van der Waals surface area contributed by atoms with Gasteiger partial charge in [-0.05, 0) is 18.6 Å². The largest absolute Gasteiger partial charge is 0.480 e. The minimum atomic E-state index is -0.319. The van der Waals surface area contributed by atoms with Gasteiger partial charge < -0.3 is 25.4 Å². The summed E-state index contributed by atoms with van der Waals surface area (Å²) < 4.78 is 12.5. The summed E-state index contributed by atoms with van der Waals surface area (Å²) in [5.41, 5.74) is 3.29. The lowest BCUT2D eigenvalue weighted by molar-refractivity contribution is 0.104. The molecule has 3 N–H and O–H groups in total. The first kappa shape index (κ1) is 18.0. The summed E-state index contributed by atoms with van der Waals surface area (Å²) >= 11 is 0. The van der Waals surface area contributed by atoms with Crippen molar-refractivity contribution in [2.75, 3.05) is 31.4 Å². The number of fused-ring (bicyclic) bond motifs is 3.